The van der Waals surface area contributed by atoms with Gasteiger partial charge < -0.3 is 28.3 Å². The molecule has 0 bridgehead atoms. The molecule has 1 N–H and O–H groups in total. The van der Waals surface area contributed by atoms with Gasteiger partial charge in [0.15, 0.2) is 6.10 Å². The van der Waals surface area contributed by atoms with Crippen molar-refractivity contribution >= 4 is 14.6 Å². The number of unbranched alkanes of at least 4 members (excludes halogenated alkanes) is 10. The van der Waals surface area contributed by atoms with E-state index in [2.05, 4.69) is 19.1 Å². The molecule has 0 aliphatic heterocycles. The van der Waals surface area contributed by atoms with Crippen LogP contribution < -0.4 is 4.74 Å². The van der Waals surface area contributed by atoms with Crippen molar-refractivity contribution in [1.82, 2.24) is 4.90 Å². The molecule has 0 saturated carbocycles. The minimum atomic E-state index is -2.03. The van der Waals surface area contributed by atoms with Crippen LogP contribution in [0.2, 0.25) is 0 Å². The number of carbonyl (C=O) groups is 1. The summed E-state index contributed by atoms with van der Waals surface area (Å²) in [5.41, 5.74) is 1.25. The topological polar surface area (TPSA) is 77.5 Å². The van der Waals surface area contributed by atoms with E-state index in [1.165, 1.54) is 76.2 Å². The molecule has 1 rings (SSSR count). The Balaban J connectivity index is 2.32. The van der Waals surface area contributed by atoms with Gasteiger partial charge >= 0.3 is 14.6 Å². The average Bonchev–Trinajstić information content (AvgIpc) is 2.88. The van der Waals surface area contributed by atoms with E-state index in [1.807, 2.05) is 31.1 Å². The third-order valence-electron chi connectivity index (χ3n) is 6.10. The van der Waals surface area contributed by atoms with Gasteiger partial charge in [0.25, 0.3) is 0 Å². The lowest BCUT2D eigenvalue weighted by molar-refractivity contribution is -0.152. The zero-order valence-electron chi connectivity index (χ0n) is 23.8. The number of aryl methyl sites for hydroxylation is 1. The number of hydrogen-bond donors (Lipinski definition) is 1. The van der Waals surface area contributed by atoms with E-state index in [9.17, 15) is 9.69 Å². The number of ether oxygens (including phenoxy) is 2. The highest BCUT2D eigenvalue weighted by Crippen LogP contribution is 2.32. The van der Waals surface area contributed by atoms with Gasteiger partial charge in [-0.25, -0.2) is 0 Å². The summed E-state index contributed by atoms with van der Waals surface area (Å²) in [5, 5.41) is 0. The lowest BCUT2D eigenvalue weighted by atomic mass is 10.0. The molecule has 0 aliphatic rings. The molecule has 2 atom stereocenters. The molecule has 0 aromatic heterocycles. The summed E-state index contributed by atoms with van der Waals surface area (Å²) in [6, 6.07) is 8.09. The van der Waals surface area contributed by atoms with Crippen LogP contribution in [-0.2, 0) is 25.0 Å². The van der Waals surface area contributed by atoms with Crippen molar-refractivity contribution in [3.63, 3.8) is 0 Å². The lowest BCUT2D eigenvalue weighted by Crippen LogP contribution is -2.29. The third-order valence-corrected chi connectivity index (χ3v) is 6.87. The van der Waals surface area contributed by atoms with E-state index in [4.69, 9.17) is 18.5 Å². The van der Waals surface area contributed by atoms with Crippen LogP contribution in [0.4, 0.5) is 0 Å². The molecule has 1 aromatic rings. The van der Waals surface area contributed by atoms with Crippen LogP contribution in [0, 0.1) is 0 Å². The van der Waals surface area contributed by atoms with Gasteiger partial charge in [-0.1, -0.05) is 90.2 Å². The number of nitrogens with zero attached hydrogens (tertiary/aromatic N) is 1. The summed E-state index contributed by atoms with van der Waals surface area (Å²) in [5.74, 6) is 0.407. The first-order valence-corrected chi connectivity index (χ1v) is 15.4. The van der Waals surface area contributed by atoms with Crippen LogP contribution in [0.5, 0.6) is 5.75 Å². The Morgan fingerprint density at radius 1 is 0.919 bits per heavy atom. The maximum absolute atomic E-state index is 11.8. The smallest absolute Gasteiger partial charge is 0.330 e. The third kappa shape index (κ3) is 19.5. The second-order valence-corrected chi connectivity index (χ2v) is 10.9. The summed E-state index contributed by atoms with van der Waals surface area (Å²) >= 11 is 0. The van der Waals surface area contributed by atoms with Crippen LogP contribution >= 0.6 is 8.60 Å². The van der Waals surface area contributed by atoms with Gasteiger partial charge in [0.05, 0.1) is 13.2 Å². The summed E-state index contributed by atoms with van der Waals surface area (Å²) in [4.78, 5) is 23.7. The fourth-order valence-corrected chi connectivity index (χ4v) is 4.45. The molecule has 0 amide bonds. The molecule has 0 radical (unpaired) electrons. The summed E-state index contributed by atoms with van der Waals surface area (Å²) in [6.45, 7) is 5.19. The van der Waals surface area contributed by atoms with Crippen molar-refractivity contribution in [2.75, 3.05) is 40.5 Å². The minimum Gasteiger partial charge on any atom is -0.490 e. The normalized spacial score (nSPS) is 13.0. The molecule has 214 valence electrons. The Labute approximate surface area is 227 Å². The molecule has 0 heterocycles. The van der Waals surface area contributed by atoms with Crippen molar-refractivity contribution < 1.29 is 28.2 Å². The van der Waals surface area contributed by atoms with Crippen LogP contribution in [0.15, 0.2) is 24.3 Å². The molecule has 0 aliphatic carbocycles. The molecule has 37 heavy (non-hydrogen) atoms. The maximum Gasteiger partial charge on any atom is 0.330 e. The second-order valence-electron chi connectivity index (χ2n) is 9.88. The first-order chi connectivity index (χ1) is 17.9. The van der Waals surface area contributed by atoms with Crippen LogP contribution in [0.1, 0.15) is 96.5 Å². The van der Waals surface area contributed by atoms with Crippen molar-refractivity contribution in [1.29, 1.82) is 0 Å². The lowest BCUT2D eigenvalue weighted by Gasteiger charge is -2.20. The molecule has 0 fully saturated rings. The Hall–Kier alpha value is -1.24. The average molecular weight is 542 g/mol. The molecule has 8 heteroatoms. The maximum atomic E-state index is 11.8. The molecule has 7 nitrogen and oxygen atoms in total. The fourth-order valence-electron chi connectivity index (χ4n) is 3.84. The SMILES string of the molecule is CCCCCCCCCCCCCc1cccc(OCC(COP(O)OCCN(C)C)OC(=O)CC)c1. The van der Waals surface area contributed by atoms with Crippen molar-refractivity contribution in [3.05, 3.63) is 29.8 Å². The molecule has 0 spiro atoms. The number of hydrogen-bond acceptors (Lipinski definition) is 7. The molecule has 2 unspecified atom stereocenters. The first kappa shape index (κ1) is 33.8. The predicted octanol–water partition coefficient (Wildman–Crippen LogP) is 7.05. The number of benzene rings is 1. The molecule has 0 saturated heterocycles. The largest absolute Gasteiger partial charge is 0.490 e. The quantitative estimate of drug-likeness (QED) is 0.0853. The zero-order valence-corrected chi connectivity index (χ0v) is 24.7. The Kier molecular flexibility index (Phi) is 20.7. The van der Waals surface area contributed by atoms with Gasteiger partial charge in [0, 0.05) is 13.0 Å². The Morgan fingerprint density at radius 2 is 1.57 bits per heavy atom. The summed E-state index contributed by atoms with van der Waals surface area (Å²) < 4.78 is 22.0. The molecular formula is C29H52NO6P. The summed E-state index contributed by atoms with van der Waals surface area (Å²) in [6.07, 6.45) is 15.4. The van der Waals surface area contributed by atoms with Gasteiger partial charge in [-0.05, 0) is 44.6 Å². The Morgan fingerprint density at radius 3 is 2.19 bits per heavy atom. The number of likely N-dealkylation sites (N-methyl/N-ethyl adjacent to an activating group) is 1. The number of rotatable bonds is 24. The van der Waals surface area contributed by atoms with E-state index in [0.29, 0.717) is 13.2 Å². The van der Waals surface area contributed by atoms with E-state index in [-0.39, 0.29) is 25.6 Å². The highest BCUT2D eigenvalue weighted by molar-refractivity contribution is 7.40. The number of esters is 1. The van der Waals surface area contributed by atoms with Gasteiger partial charge in [0.1, 0.15) is 12.4 Å². The van der Waals surface area contributed by atoms with Crippen molar-refractivity contribution in [2.24, 2.45) is 0 Å². The van der Waals surface area contributed by atoms with Crippen molar-refractivity contribution in [2.45, 2.75) is 103 Å². The monoisotopic (exact) mass is 541 g/mol. The highest BCUT2D eigenvalue weighted by Gasteiger charge is 2.18. The van der Waals surface area contributed by atoms with Gasteiger partial charge in [-0.15, -0.1) is 0 Å². The summed E-state index contributed by atoms with van der Waals surface area (Å²) in [7, 11) is 1.82. The number of carbonyl (C=O) groups excluding carboxylic acids is 1. The van der Waals surface area contributed by atoms with Crippen LogP contribution in [0.3, 0.4) is 0 Å². The fraction of sp³-hybridized carbons (Fsp3) is 0.759. The van der Waals surface area contributed by atoms with Gasteiger partial charge in [-0.3, -0.25) is 4.79 Å². The van der Waals surface area contributed by atoms with E-state index < -0.39 is 14.7 Å². The van der Waals surface area contributed by atoms with E-state index in [1.54, 1.807) is 6.92 Å². The Bertz CT molecular complexity index is 690. The minimum absolute atomic E-state index is 0.00827. The zero-order chi connectivity index (χ0) is 27.1. The second kappa shape index (κ2) is 22.7. The standard InChI is InChI=1S/C29H52NO6P/c1-5-7-8-9-10-11-12-13-14-15-16-18-26-19-17-20-27(23-26)33-24-28(36-29(31)6-2)25-35-37(32)34-22-21-30(3)4/h17,19-20,23,28,32H,5-16,18,21-22,24-25H2,1-4H3. The highest BCUT2D eigenvalue weighted by atomic mass is 31.2. The van der Waals surface area contributed by atoms with E-state index in [0.717, 1.165) is 12.2 Å². The first-order valence-electron chi connectivity index (χ1n) is 14.2. The predicted molar refractivity (Wildman–Crippen MR) is 152 cm³/mol. The molecular weight excluding hydrogens is 489 g/mol. The van der Waals surface area contributed by atoms with Gasteiger partial charge in [-0.2, -0.15) is 0 Å². The van der Waals surface area contributed by atoms with Crippen molar-refractivity contribution in [3.8, 4) is 5.75 Å². The van der Waals surface area contributed by atoms with Crippen LogP contribution in [-0.4, -0.2) is 62.3 Å². The molecule has 1 aromatic carbocycles. The van der Waals surface area contributed by atoms with Crippen LogP contribution in [0.25, 0.3) is 0 Å². The van der Waals surface area contributed by atoms with Gasteiger partial charge in [0.2, 0.25) is 0 Å². The van der Waals surface area contributed by atoms with E-state index >= 15 is 0 Å².